The Morgan fingerprint density at radius 1 is 1.26 bits per heavy atom. The van der Waals surface area contributed by atoms with Gasteiger partial charge in [-0.15, -0.1) is 0 Å². The normalized spacial score (nSPS) is 16.1. The van der Waals surface area contributed by atoms with Crippen molar-refractivity contribution in [2.24, 2.45) is 5.41 Å². The number of fused-ring (bicyclic) bond motifs is 3. The molecule has 34 heavy (non-hydrogen) atoms. The van der Waals surface area contributed by atoms with Crippen molar-refractivity contribution in [3.05, 3.63) is 30.1 Å². The number of rotatable bonds is 7. The molecule has 4 rings (SSSR count). The van der Waals surface area contributed by atoms with E-state index in [1.807, 2.05) is 18.2 Å². The minimum Gasteiger partial charge on any atom is -0.446 e. The number of carbonyl (C=O) groups is 1. The number of alkyl carbamates (subject to hydrolysis) is 1. The van der Waals surface area contributed by atoms with Crippen molar-refractivity contribution in [2.75, 3.05) is 18.9 Å². The Morgan fingerprint density at radius 2 is 2.00 bits per heavy atom. The second kappa shape index (κ2) is 10.2. The average molecular weight is 468 g/mol. The lowest BCUT2D eigenvalue weighted by molar-refractivity contribution is 0.0176. The maximum absolute atomic E-state index is 12.6. The minimum absolute atomic E-state index is 0.124. The predicted molar refractivity (Wildman–Crippen MR) is 135 cm³/mol. The Hall–Kier alpha value is -2.87. The number of benzene rings is 1. The van der Waals surface area contributed by atoms with Gasteiger partial charge in [-0.3, -0.25) is 0 Å². The number of para-hydroxylation sites is 1. The summed E-state index contributed by atoms with van der Waals surface area (Å²) in [5.74, 6) is 1.45. The molecule has 8 nitrogen and oxygen atoms in total. The number of aryl methyl sites for hydroxylation is 2. The molecule has 1 unspecified atom stereocenters. The fraction of sp³-hybridized carbons (Fsp3) is 0.577. The molecule has 2 aromatic heterocycles. The van der Waals surface area contributed by atoms with E-state index in [0.29, 0.717) is 19.0 Å². The van der Waals surface area contributed by atoms with E-state index in [-0.39, 0.29) is 23.7 Å². The molecule has 184 valence electrons. The largest absolute Gasteiger partial charge is 0.446 e. The summed E-state index contributed by atoms with van der Waals surface area (Å²) < 4.78 is 13.6. The minimum atomic E-state index is -0.334. The number of pyridine rings is 1. The zero-order chi connectivity index (χ0) is 24.3. The van der Waals surface area contributed by atoms with Gasteiger partial charge in [-0.1, -0.05) is 45.9 Å². The van der Waals surface area contributed by atoms with Crippen molar-refractivity contribution >= 4 is 33.8 Å². The summed E-state index contributed by atoms with van der Waals surface area (Å²) in [5, 5.41) is 4.07. The highest BCUT2D eigenvalue weighted by Gasteiger charge is 2.29. The number of imidazole rings is 1. The van der Waals surface area contributed by atoms with Gasteiger partial charge in [0, 0.05) is 37.6 Å². The molecule has 3 heterocycles. The Morgan fingerprint density at radius 3 is 2.71 bits per heavy atom. The van der Waals surface area contributed by atoms with E-state index >= 15 is 0 Å². The number of nitrogens with zero attached hydrogens (tertiary/aromatic N) is 3. The highest BCUT2D eigenvalue weighted by molar-refractivity contribution is 6.06. The number of amides is 1. The standard InChI is InChI=1S/C26H37N5O3/c1-5-21-30-22-23(18-9-6-7-10-19(18)29-24(22)27)31(21)14-8-11-20(26(2,3)4)34-25(32)28-17-12-15-33-16-13-17/h6-7,9-10,17,20H,5,8,11-16H2,1-4H3,(H2,27,29)(H,28,32). The van der Waals surface area contributed by atoms with E-state index < -0.39 is 0 Å². The summed E-state index contributed by atoms with van der Waals surface area (Å²) in [6.45, 7) is 10.6. The third kappa shape index (κ3) is 5.27. The molecular formula is C26H37N5O3. The second-order valence-electron chi connectivity index (χ2n) is 10.2. The van der Waals surface area contributed by atoms with Crippen LogP contribution in [-0.4, -0.2) is 46.0 Å². The lowest BCUT2D eigenvalue weighted by Gasteiger charge is -2.31. The molecule has 1 atom stereocenters. The molecule has 1 amide bonds. The fourth-order valence-corrected chi connectivity index (χ4v) is 4.69. The van der Waals surface area contributed by atoms with E-state index in [1.165, 1.54) is 0 Å². The Bertz CT molecular complexity index is 1140. The third-order valence-corrected chi connectivity index (χ3v) is 6.61. The Kier molecular flexibility index (Phi) is 7.26. The van der Waals surface area contributed by atoms with Crippen LogP contribution in [0.4, 0.5) is 10.6 Å². The molecule has 1 fully saturated rings. The summed E-state index contributed by atoms with van der Waals surface area (Å²) in [4.78, 5) is 22.0. The number of carbonyl (C=O) groups excluding carboxylic acids is 1. The van der Waals surface area contributed by atoms with Crippen LogP contribution in [0.15, 0.2) is 24.3 Å². The Balaban J connectivity index is 1.50. The number of anilines is 1. The van der Waals surface area contributed by atoms with Crippen LogP contribution in [0.1, 0.15) is 59.2 Å². The van der Waals surface area contributed by atoms with Crippen molar-refractivity contribution in [3.8, 4) is 0 Å². The molecule has 0 bridgehead atoms. The highest BCUT2D eigenvalue weighted by atomic mass is 16.6. The molecule has 0 saturated carbocycles. The van der Waals surface area contributed by atoms with Gasteiger partial charge in [-0.25, -0.2) is 14.8 Å². The first-order chi connectivity index (χ1) is 16.3. The summed E-state index contributed by atoms with van der Waals surface area (Å²) in [6, 6.07) is 8.17. The number of hydrogen-bond acceptors (Lipinski definition) is 6. The van der Waals surface area contributed by atoms with Gasteiger partial charge in [0.1, 0.15) is 17.4 Å². The SMILES string of the molecule is CCc1nc2c(N)nc3ccccc3c2n1CCCC(OC(=O)NC1CCOCC1)C(C)(C)C. The maximum Gasteiger partial charge on any atom is 0.407 e. The van der Waals surface area contributed by atoms with E-state index in [1.54, 1.807) is 0 Å². The summed E-state index contributed by atoms with van der Waals surface area (Å²) in [6.07, 6.45) is 3.53. The van der Waals surface area contributed by atoms with Gasteiger partial charge in [-0.05, 0) is 37.2 Å². The number of ether oxygens (including phenoxy) is 2. The zero-order valence-corrected chi connectivity index (χ0v) is 20.8. The first-order valence-corrected chi connectivity index (χ1v) is 12.4. The smallest absolute Gasteiger partial charge is 0.407 e. The van der Waals surface area contributed by atoms with Crippen LogP contribution in [0.2, 0.25) is 0 Å². The zero-order valence-electron chi connectivity index (χ0n) is 20.8. The molecule has 0 spiro atoms. The molecule has 3 N–H and O–H groups in total. The van der Waals surface area contributed by atoms with Crippen LogP contribution < -0.4 is 11.1 Å². The lowest BCUT2D eigenvalue weighted by Crippen LogP contribution is -2.42. The summed E-state index contributed by atoms with van der Waals surface area (Å²) >= 11 is 0. The summed E-state index contributed by atoms with van der Waals surface area (Å²) in [5.41, 5.74) is 8.76. The highest BCUT2D eigenvalue weighted by Crippen LogP contribution is 2.31. The topological polar surface area (TPSA) is 104 Å². The van der Waals surface area contributed by atoms with Crippen LogP contribution >= 0.6 is 0 Å². The molecule has 1 aliphatic heterocycles. The molecule has 1 saturated heterocycles. The van der Waals surface area contributed by atoms with Gasteiger partial charge < -0.3 is 25.1 Å². The molecular weight excluding hydrogens is 430 g/mol. The second-order valence-corrected chi connectivity index (χ2v) is 10.2. The van der Waals surface area contributed by atoms with Crippen LogP contribution in [0.3, 0.4) is 0 Å². The first-order valence-electron chi connectivity index (χ1n) is 12.4. The molecule has 0 radical (unpaired) electrons. The van der Waals surface area contributed by atoms with Crippen molar-refractivity contribution < 1.29 is 14.3 Å². The van der Waals surface area contributed by atoms with Crippen molar-refractivity contribution in [2.45, 2.75) is 78.5 Å². The summed E-state index contributed by atoms with van der Waals surface area (Å²) in [7, 11) is 0. The molecule has 3 aromatic rings. The maximum atomic E-state index is 12.6. The van der Waals surface area contributed by atoms with E-state index in [9.17, 15) is 4.79 Å². The molecule has 1 aliphatic rings. The average Bonchev–Trinajstić information content (AvgIpc) is 3.18. The van der Waals surface area contributed by atoms with Gasteiger partial charge in [0.25, 0.3) is 0 Å². The lowest BCUT2D eigenvalue weighted by atomic mass is 9.86. The van der Waals surface area contributed by atoms with E-state index in [4.69, 9.17) is 20.2 Å². The number of nitrogens with two attached hydrogens (primary N) is 1. The first kappa shape index (κ1) is 24.3. The number of hydrogen-bond donors (Lipinski definition) is 2. The van der Waals surface area contributed by atoms with Crippen LogP contribution in [0, 0.1) is 5.41 Å². The van der Waals surface area contributed by atoms with Crippen molar-refractivity contribution in [3.63, 3.8) is 0 Å². The third-order valence-electron chi connectivity index (χ3n) is 6.61. The van der Waals surface area contributed by atoms with Crippen LogP contribution in [0.25, 0.3) is 21.9 Å². The number of nitrogen functional groups attached to an aromatic ring is 1. The van der Waals surface area contributed by atoms with E-state index in [0.717, 1.165) is 66.4 Å². The van der Waals surface area contributed by atoms with E-state index in [2.05, 4.69) is 48.6 Å². The number of nitrogens with one attached hydrogen (secondary N) is 1. The quantitative estimate of drug-likeness (QED) is 0.516. The van der Waals surface area contributed by atoms with Crippen molar-refractivity contribution in [1.29, 1.82) is 0 Å². The van der Waals surface area contributed by atoms with Gasteiger partial charge in [0.2, 0.25) is 0 Å². The molecule has 0 aliphatic carbocycles. The van der Waals surface area contributed by atoms with Crippen LogP contribution in [0.5, 0.6) is 0 Å². The predicted octanol–water partition coefficient (Wildman–Crippen LogP) is 4.83. The van der Waals surface area contributed by atoms with Gasteiger partial charge >= 0.3 is 6.09 Å². The number of aromatic nitrogens is 3. The fourth-order valence-electron chi connectivity index (χ4n) is 4.69. The molecule has 1 aromatic carbocycles. The van der Waals surface area contributed by atoms with Gasteiger partial charge in [0.15, 0.2) is 5.82 Å². The van der Waals surface area contributed by atoms with Gasteiger partial charge in [0.05, 0.1) is 11.0 Å². The Labute approximate surface area is 201 Å². The molecule has 8 heteroatoms. The van der Waals surface area contributed by atoms with Crippen LogP contribution in [-0.2, 0) is 22.4 Å². The van der Waals surface area contributed by atoms with Crippen molar-refractivity contribution in [1.82, 2.24) is 19.9 Å². The monoisotopic (exact) mass is 467 g/mol. The van der Waals surface area contributed by atoms with Gasteiger partial charge in [-0.2, -0.15) is 0 Å².